The van der Waals surface area contributed by atoms with Crippen LogP contribution in [0, 0.1) is 35.0 Å². The second-order valence-electron chi connectivity index (χ2n) is 9.23. The molecule has 0 aromatic rings. The van der Waals surface area contributed by atoms with E-state index in [9.17, 15) is 0 Å². The van der Waals surface area contributed by atoms with Gasteiger partial charge in [0.2, 0.25) is 0 Å². The molecule has 0 radical (unpaired) electrons. The van der Waals surface area contributed by atoms with Crippen molar-refractivity contribution in [3.63, 3.8) is 0 Å². The highest BCUT2D eigenvalue weighted by atomic mass is 15.0. The molecule has 0 amide bonds. The van der Waals surface area contributed by atoms with Crippen molar-refractivity contribution >= 4 is 0 Å². The topological polar surface area (TPSA) is 24.1 Å². The Balaban J connectivity index is 1.31. The molecule has 2 N–H and O–H groups in total. The summed E-state index contributed by atoms with van der Waals surface area (Å²) in [4.78, 5) is 0. The molecule has 2 nitrogen and oxygen atoms in total. The van der Waals surface area contributed by atoms with Crippen LogP contribution in [0.5, 0.6) is 0 Å². The lowest BCUT2D eigenvalue weighted by atomic mass is 9.45. The van der Waals surface area contributed by atoms with Crippen molar-refractivity contribution in [1.29, 1.82) is 0 Å². The Bertz CT molecular complexity index is 363. The molecule has 2 heteroatoms. The van der Waals surface area contributed by atoms with Crippen LogP contribution in [-0.4, -0.2) is 25.7 Å². The average molecular weight is 307 g/mol. The number of rotatable bonds is 6. The van der Waals surface area contributed by atoms with Gasteiger partial charge in [-0.2, -0.15) is 0 Å². The van der Waals surface area contributed by atoms with Crippen LogP contribution in [0.1, 0.15) is 66.2 Å². The predicted octanol–water partition coefficient (Wildman–Crippen LogP) is 4.06. The number of hydrogen-bond acceptors (Lipinski definition) is 2. The van der Waals surface area contributed by atoms with Gasteiger partial charge in [-0.3, -0.25) is 0 Å². The van der Waals surface area contributed by atoms with Crippen LogP contribution in [-0.2, 0) is 0 Å². The maximum Gasteiger partial charge on any atom is 0.00957 e. The standard InChI is InChI=1S/C20H38N2/c1-14-6-5-7-19(15(14)2)22-11-10-21-13-16-8-9-17-12-18(16)20(17,3)4/h14-19,21-22H,5-13H2,1-4H3/t14?,15?,16?,17?,18-,19?/m0/s1. The van der Waals surface area contributed by atoms with Crippen LogP contribution in [0.15, 0.2) is 0 Å². The lowest BCUT2D eigenvalue weighted by Gasteiger charge is -2.60. The molecular weight excluding hydrogens is 268 g/mol. The Labute approximate surface area is 138 Å². The first kappa shape index (κ1) is 16.8. The molecule has 0 aliphatic heterocycles. The maximum absolute atomic E-state index is 3.81. The van der Waals surface area contributed by atoms with E-state index in [0.29, 0.717) is 5.41 Å². The van der Waals surface area contributed by atoms with Gasteiger partial charge in [0.05, 0.1) is 0 Å². The van der Waals surface area contributed by atoms with Gasteiger partial charge in [0.1, 0.15) is 0 Å². The Kier molecular flexibility index (Phi) is 5.19. The largest absolute Gasteiger partial charge is 0.315 e. The summed E-state index contributed by atoms with van der Waals surface area (Å²) in [5.74, 6) is 4.71. The summed E-state index contributed by atoms with van der Waals surface area (Å²) in [6, 6.07) is 0.756. The molecule has 4 rings (SSSR count). The Morgan fingerprint density at radius 2 is 1.82 bits per heavy atom. The van der Waals surface area contributed by atoms with Gasteiger partial charge in [0.15, 0.2) is 0 Å². The van der Waals surface area contributed by atoms with Crippen LogP contribution in [0.25, 0.3) is 0 Å². The summed E-state index contributed by atoms with van der Waals surface area (Å²) in [5, 5.41) is 7.57. The molecule has 4 aliphatic rings. The summed E-state index contributed by atoms with van der Waals surface area (Å²) in [7, 11) is 0. The van der Waals surface area contributed by atoms with Crippen molar-refractivity contribution in [2.24, 2.45) is 35.0 Å². The molecule has 2 bridgehead atoms. The molecule has 0 aromatic heterocycles. The Hall–Kier alpha value is -0.0800. The number of fused-ring (bicyclic) bond motifs is 2. The van der Waals surface area contributed by atoms with Crippen LogP contribution < -0.4 is 10.6 Å². The minimum absolute atomic E-state index is 0.635. The summed E-state index contributed by atoms with van der Waals surface area (Å²) >= 11 is 0. The quantitative estimate of drug-likeness (QED) is 0.723. The van der Waals surface area contributed by atoms with Gasteiger partial charge in [-0.25, -0.2) is 0 Å². The zero-order valence-electron chi connectivity index (χ0n) is 15.3. The Morgan fingerprint density at radius 3 is 2.55 bits per heavy atom. The van der Waals surface area contributed by atoms with Crippen molar-refractivity contribution in [3.8, 4) is 0 Å². The first-order chi connectivity index (χ1) is 10.5. The lowest BCUT2D eigenvalue weighted by molar-refractivity contribution is -0.103. The lowest BCUT2D eigenvalue weighted by Crippen LogP contribution is -2.54. The zero-order valence-corrected chi connectivity index (χ0v) is 15.3. The molecule has 4 aliphatic carbocycles. The highest BCUT2D eigenvalue weighted by Crippen LogP contribution is 2.61. The molecule has 0 heterocycles. The van der Waals surface area contributed by atoms with Gasteiger partial charge in [0.25, 0.3) is 0 Å². The van der Waals surface area contributed by atoms with E-state index < -0.39 is 0 Å². The molecule has 6 atom stereocenters. The van der Waals surface area contributed by atoms with Gasteiger partial charge in [-0.05, 0) is 67.2 Å². The van der Waals surface area contributed by atoms with Crippen molar-refractivity contribution in [1.82, 2.24) is 10.6 Å². The van der Waals surface area contributed by atoms with E-state index in [4.69, 9.17) is 0 Å². The van der Waals surface area contributed by atoms with Crippen LogP contribution in [0.3, 0.4) is 0 Å². The molecule has 0 saturated heterocycles. The van der Waals surface area contributed by atoms with E-state index in [1.807, 2.05) is 0 Å². The highest BCUT2D eigenvalue weighted by molar-refractivity contribution is 5.03. The summed E-state index contributed by atoms with van der Waals surface area (Å²) in [6.07, 6.45) is 8.68. The second kappa shape index (κ2) is 6.81. The van der Waals surface area contributed by atoms with Gasteiger partial charge < -0.3 is 10.6 Å². The van der Waals surface area contributed by atoms with Gasteiger partial charge in [0, 0.05) is 19.1 Å². The Morgan fingerprint density at radius 1 is 1.00 bits per heavy atom. The van der Waals surface area contributed by atoms with Crippen LogP contribution >= 0.6 is 0 Å². The van der Waals surface area contributed by atoms with Gasteiger partial charge in [-0.15, -0.1) is 0 Å². The third-order valence-electron chi connectivity index (χ3n) is 7.82. The summed E-state index contributed by atoms with van der Waals surface area (Å²) < 4.78 is 0. The third kappa shape index (κ3) is 3.24. The van der Waals surface area contributed by atoms with E-state index in [-0.39, 0.29) is 0 Å². The van der Waals surface area contributed by atoms with E-state index >= 15 is 0 Å². The monoisotopic (exact) mass is 306 g/mol. The first-order valence-corrected chi connectivity index (χ1v) is 9.94. The minimum atomic E-state index is 0.635. The fourth-order valence-corrected chi connectivity index (χ4v) is 5.71. The summed E-state index contributed by atoms with van der Waals surface area (Å²) in [5.41, 5.74) is 0.635. The normalized spacial score (nSPS) is 43.6. The molecule has 4 fully saturated rings. The zero-order chi connectivity index (χ0) is 15.7. The van der Waals surface area contributed by atoms with E-state index in [1.165, 1.54) is 45.1 Å². The minimum Gasteiger partial charge on any atom is -0.315 e. The smallest absolute Gasteiger partial charge is 0.00957 e. The van der Waals surface area contributed by atoms with Gasteiger partial charge >= 0.3 is 0 Å². The molecule has 128 valence electrons. The average Bonchev–Trinajstić information content (AvgIpc) is 2.51. The molecule has 0 aromatic carbocycles. The molecule has 4 saturated carbocycles. The fourth-order valence-electron chi connectivity index (χ4n) is 5.71. The van der Waals surface area contributed by atoms with Crippen molar-refractivity contribution in [2.45, 2.75) is 72.3 Å². The third-order valence-corrected chi connectivity index (χ3v) is 7.82. The molecular formula is C20H38N2. The molecule has 5 unspecified atom stereocenters. The number of hydrogen-bond donors (Lipinski definition) is 2. The predicted molar refractivity (Wildman–Crippen MR) is 94.9 cm³/mol. The van der Waals surface area contributed by atoms with Crippen LogP contribution in [0.4, 0.5) is 0 Å². The van der Waals surface area contributed by atoms with E-state index in [0.717, 1.165) is 48.7 Å². The number of nitrogens with one attached hydrogen (secondary N) is 2. The van der Waals surface area contributed by atoms with E-state index in [1.54, 1.807) is 0 Å². The van der Waals surface area contributed by atoms with E-state index in [2.05, 4.69) is 38.3 Å². The van der Waals surface area contributed by atoms with Crippen LogP contribution in [0.2, 0.25) is 0 Å². The fraction of sp³-hybridized carbons (Fsp3) is 1.00. The second-order valence-corrected chi connectivity index (χ2v) is 9.23. The van der Waals surface area contributed by atoms with Gasteiger partial charge in [-0.1, -0.05) is 40.5 Å². The molecule has 22 heavy (non-hydrogen) atoms. The van der Waals surface area contributed by atoms with Crippen molar-refractivity contribution in [3.05, 3.63) is 0 Å². The van der Waals surface area contributed by atoms with Crippen molar-refractivity contribution < 1.29 is 0 Å². The highest BCUT2D eigenvalue weighted by Gasteiger charge is 2.53. The first-order valence-electron chi connectivity index (χ1n) is 9.94. The summed E-state index contributed by atoms with van der Waals surface area (Å²) in [6.45, 7) is 13.4. The maximum atomic E-state index is 3.81. The SMILES string of the molecule is CC1CCCC(NCCNCC2CCC3C[C@@H]2C3(C)C)C1C. The molecule has 0 spiro atoms. The van der Waals surface area contributed by atoms with Crippen molar-refractivity contribution in [2.75, 3.05) is 19.6 Å².